The normalized spacial score (nSPS) is 17.9. The Labute approximate surface area is 110 Å². The number of rotatable bonds is 3. The van der Waals surface area contributed by atoms with Gasteiger partial charge in [0, 0.05) is 12.0 Å². The maximum absolute atomic E-state index is 13.6. The highest BCUT2D eigenvalue weighted by Gasteiger charge is 2.43. The van der Waals surface area contributed by atoms with Gasteiger partial charge in [0.2, 0.25) is 0 Å². The average molecular weight is 270 g/mol. The largest absolute Gasteiger partial charge is 0.507 e. The topological polar surface area (TPSA) is 46.5 Å². The number of phenolic OH excluding ortho intramolecular Hbond substituents is 1. The quantitative estimate of drug-likeness (QED) is 0.676. The molecule has 0 aromatic heterocycles. The molecule has 104 valence electrons. The van der Waals surface area contributed by atoms with Gasteiger partial charge in [-0.1, -0.05) is 13.8 Å². The average Bonchev–Trinajstić information content (AvgIpc) is 2.69. The first-order valence-electron chi connectivity index (χ1n) is 6.31. The van der Waals surface area contributed by atoms with Gasteiger partial charge in [-0.15, -0.1) is 0 Å². The van der Waals surface area contributed by atoms with E-state index in [1.165, 1.54) is 6.07 Å². The molecule has 1 aromatic carbocycles. The molecule has 1 unspecified atom stereocenters. The van der Waals surface area contributed by atoms with E-state index in [-0.39, 0.29) is 30.1 Å². The lowest BCUT2D eigenvalue weighted by molar-refractivity contribution is -0.138. The van der Waals surface area contributed by atoms with E-state index < -0.39 is 23.2 Å². The van der Waals surface area contributed by atoms with Crippen LogP contribution in [-0.4, -0.2) is 11.1 Å². The number of phenols is 1. The fourth-order valence-electron chi connectivity index (χ4n) is 2.15. The number of esters is 1. The minimum absolute atomic E-state index is 0.0971. The Morgan fingerprint density at radius 3 is 2.84 bits per heavy atom. The highest BCUT2D eigenvalue weighted by atomic mass is 19.3. The van der Waals surface area contributed by atoms with Crippen molar-refractivity contribution in [3.8, 4) is 11.5 Å². The van der Waals surface area contributed by atoms with E-state index in [1.54, 1.807) is 6.92 Å². The second-order valence-electron chi connectivity index (χ2n) is 4.87. The number of fused-ring (bicyclic) bond motifs is 1. The van der Waals surface area contributed by atoms with Crippen molar-refractivity contribution in [1.82, 2.24) is 0 Å². The first-order chi connectivity index (χ1) is 8.86. The highest BCUT2D eigenvalue weighted by molar-refractivity contribution is 5.75. The van der Waals surface area contributed by atoms with Crippen LogP contribution in [0.25, 0.3) is 0 Å². The molecular formula is C14H16F2O3. The van der Waals surface area contributed by atoms with Crippen molar-refractivity contribution in [2.75, 3.05) is 0 Å². The molecule has 0 saturated carbocycles. The standard InChI is InChI=1S/C14H16F2O3/c1-3-8(2)13(18)19-11-5-4-10(17)12-9(11)6-7-14(12,15)16/h4-5,8,17H,3,6-7H2,1-2H3. The van der Waals surface area contributed by atoms with Crippen LogP contribution in [0.15, 0.2) is 12.1 Å². The van der Waals surface area contributed by atoms with Crippen molar-refractivity contribution < 1.29 is 23.4 Å². The van der Waals surface area contributed by atoms with Gasteiger partial charge < -0.3 is 9.84 Å². The molecule has 1 atom stereocenters. The zero-order valence-electron chi connectivity index (χ0n) is 10.9. The molecule has 1 N–H and O–H groups in total. The molecule has 0 bridgehead atoms. The molecule has 5 heteroatoms. The van der Waals surface area contributed by atoms with E-state index in [9.17, 15) is 18.7 Å². The summed E-state index contributed by atoms with van der Waals surface area (Å²) in [7, 11) is 0. The monoisotopic (exact) mass is 270 g/mol. The third-order valence-electron chi connectivity index (χ3n) is 3.53. The summed E-state index contributed by atoms with van der Waals surface area (Å²) < 4.78 is 32.5. The second kappa shape index (κ2) is 4.79. The predicted molar refractivity (Wildman–Crippen MR) is 65.4 cm³/mol. The summed E-state index contributed by atoms with van der Waals surface area (Å²) in [4.78, 5) is 11.7. The van der Waals surface area contributed by atoms with Gasteiger partial charge in [-0.25, -0.2) is 8.78 Å². The summed E-state index contributed by atoms with van der Waals surface area (Å²) in [5.41, 5.74) is -0.163. The Balaban J connectivity index is 2.35. The summed E-state index contributed by atoms with van der Waals surface area (Å²) in [6.07, 6.45) is 0.350. The van der Waals surface area contributed by atoms with Gasteiger partial charge in [-0.2, -0.15) is 0 Å². The molecule has 0 radical (unpaired) electrons. The van der Waals surface area contributed by atoms with Gasteiger partial charge in [0.1, 0.15) is 11.5 Å². The van der Waals surface area contributed by atoms with Gasteiger partial charge in [-0.3, -0.25) is 4.79 Å². The molecule has 1 aromatic rings. The Bertz CT molecular complexity index is 512. The van der Waals surface area contributed by atoms with Crippen LogP contribution in [0.1, 0.15) is 37.8 Å². The zero-order chi connectivity index (χ0) is 14.2. The number of alkyl halides is 2. The number of hydrogen-bond donors (Lipinski definition) is 1. The van der Waals surface area contributed by atoms with Gasteiger partial charge in [0.25, 0.3) is 5.92 Å². The molecule has 1 aliphatic rings. The first kappa shape index (κ1) is 13.8. The third-order valence-corrected chi connectivity index (χ3v) is 3.53. The van der Waals surface area contributed by atoms with Crippen molar-refractivity contribution in [1.29, 1.82) is 0 Å². The Morgan fingerprint density at radius 2 is 2.21 bits per heavy atom. The molecule has 3 nitrogen and oxygen atoms in total. The summed E-state index contributed by atoms with van der Waals surface area (Å²) >= 11 is 0. The molecular weight excluding hydrogens is 254 g/mol. The Kier molecular flexibility index (Phi) is 3.47. The van der Waals surface area contributed by atoms with Gasteiger partial charge in [-0.05, 0) is 25.0 Å². The van der Waals surface area contributed by atoms with E-state index in [0.717, 1.165) is 6.07 Å². The fourth-order valence-corrected chi connectivity index (χ4v) is 2.15. The lowest BCUT2D eigenvalue weighted by atomic mass is 10.1. The fraction of sp³-hybridized carbons (Fsp3) is 0.500. The minimum Gasteiger partial charge on any atom is -0.507 e. The van der Waals surface area contributed by atoms with E-state index in [4.69, 9.17) is 4.74 Å². The SMILES string of the molecule is CCC(C)C(=O)Oc1ccc(O)c2c1CCC2(F)F. The van der Waals surface area contributed by atoms with Crippen LogP contribution < -0.4 is 4.74 Å². The van der Waals surface area contributed by atoms with Crippen molar-refractivity contribution >= 4 is 5.97 Å². The predicted octanol–water partition coefficient (Wildman–Crippen LogP) is 3.38. The van der Waals surface area contributed by atoms with Gasteiger partial charge >= 0.3 is 5.97 Å². The maximum Gasteiger partial charge on any atom is 0.314 e. The summed E-state index contributed by atoms with van der Waals surface area (Å²) in [6.45, 7) is 3.57. The molecule has 0 aliphatic heterocycles. The van der Waals surface area contributed by atoms with E-state index in [0.29, 0.717) is 6.42 Å². The van der Waals surface area contributed by atoms with Gasteiger partial charge in [0.15, 0.2) is 0 Å². The number of benzene rings is 1. The Morgan fingerprint density at radius 1 is 1.53 bits per heavy atom. The third kappa shape index (κ3) is 2.41. The molecule has 0 spiro atoms. The number of ether oxygens (including phenoxy) is 1. The van der Waals surface area contributed by atoms with E-state index in [1.807, 2.05) is 6.92 Å². The zero-order valence-corrected chi connectivity index (χ0v) is 10.9. The summed E-state index contributed by atoms with van der Waals surface area (Å²) in [5.74, 6) is -4.09. The van der Waals surface area contributed by atoms with Crippen LogP contribution >= 0.6 is 0 Å². The van der Waals surface area contributed by atoms with Crippen molar-refractivity contribution in [3.63, 3.8) is 0 Å². The van der Waals surface area contributed by atoms with E-state index in [2.05, 4.69) is 0 Å². The van der Waals surface area contributed by atoms with Crippen LogP contribution in [0.2, 0.25) is 0 Å². The number of hydrogen-bond acceptors (Lipinski definition) is 3. The second-order valence-corrected chi connectivity index (χ2v) is 4.87. The first-order valence-corrected chi connectivity index (χ1v) is 6.31. The lowest BCUT2D eigenvalue weighted by Gasteiger charge is -2.15. The van der Waals surface area contributed by atoms with Crippen LogP contribution in [0.4, 0.5) is 8.78 Å². The number of carbonyl (C=O) groups excluding carboxylic acids is 1. The number of aromatic hydroxyl groups is 1. The smallest absolute Gasteiger partial charge is 0.314 e. The highest BCUT2D eigenvalue weighted by Crippen LogP contribution is 2.49. The summed E-state index contributed by atoms with van der Waals surface area (Å²) in [5, 5.41) is 9.56. The summed E-state index contributed by atoms with van der Waals surface area (Å²) in [6, 6.07) is 2.52. The maximum atomic E-state index is 13.6. The molecule has 1 aliphatic carbocycles. The van der Waals surface area contributed by atoms with Crippen LogP contribution in [0, 0.1) is 5.92 Å². The Hall–Kier alpha value is -1.65. The molecule has 0 amide bonds. The van der Waals surface area contributed by atoms with Gasteiger partial charge in [0.05, 0.1) is 11.5 Å². The lowest BCUT2D eigenvalue weighted by Crippen LogP contribution is -2.18. The molecule has 0 saturated heterocycles. The van der Waals surface area contributed by atoms with Crippen molar-refractivity contribution in [2.24, 2.45) is 5.92 Å². The number of carbonyl (C=O) groups is 1. The molecule has 19 heavy (non-hydrogen) atoms. The van der Waals surface area contributed by atoms with Crippen LogP contribution in [0.5, 0.6) is 11.5 Å². The minimum atomic E-state index is -3.06. The van der Waals surface area contributed by atoms with E-state index >= 15 is 0 Å². The molecule has 0 fully saturated rings. The van der Waals surface area contributed by atoms with Crippen LogP contribution in [0.3, 0.4) is 0 Å². The van der Waals surface area contributed by atoms with Crippen LogP contribution in [-0.2, 0) is 17.1 Å². The van der Waals surface area contributed by atoms with Crippen molar-refractivity contribution in [3.05, 3.63) is 23.3 Å². The van der Waals surface area contributed by atoms with Crippen molar-refractivity contribution in [2.45, 2.75) is 39.0 Å². The molecule has 2 rings (SSSR count). The number of halogens is 2. The molecule has 0 heterocycles.